The number of unbranched alkanes of at least 4 members (excludes halogenated alkanes) is 15. The number of hydrazine groups is 1. The average Bonchev–Trinajstić information content (AvgIpc) is 2.92. The smallest absolute Gasteiger partial charge is 0.0571 e. The number of nitrogens with one attached hydrogen (secondary N) is 1. The molecule has 3 aromatic rings. The van der Waals surface area contributed by atoms with Crippen molar-refractivity contribution in [1.82, 2.24) is 0 Å². The Labute approximate surface area is 221 Å². The van der Waals surface area contributed by atoms with Crippen LogP contribution in [0.2, 0.25) is 0 Å². The molecular formula is C34H50N2. The monoisotopic (exact) mass is 486 g/mol. The Hall–Kier alpha value is -2.48. The fraction of sp³-hybridized carbons (Fsp3) is 0.529. The predicted molar refractivity (Wildman–Crippen MR) is 161 cm³/mol. The molecule has 0 fully saturated rings. The molecule has 0 saturated heterocycles. The van der Waals surface area contributed by atoms with Crippen molar-refractivity contribution in [3.8, 4) is 0 Å². The van der Waals surface area contributed by atoms with Gasteiger partial charge in [-0.05, 0) is 41.5 Å². The molecule has 0 aliphatic carbocycles. The van der Waals surface area contributed by atoms with E-state index in [1.165, 1.54) is 119 Å². The topological polar surface area (TPSA) is 15.3 Å². The van der Waals surface area contributed by atoms with E-state index in [1.54, 1.807) is 0 Å². The Morgan fingerprint density at radius 1 is 0.500 bits per heavy atom. The maximum atomic E-state index is 3.67. The lowest BCUT2D eigenvalue weighted by molar-refractivity contribution is 0.529. The zero-order valence-corrected chi connectivity index (χ0v) is 22.9. The summed E-state index contributed by atoms with van der Waals surface area (Å²) in [7, 11) is 0. The molecule has 3 rings (SSSR count). The maximum absolute atomic E-state index is 3.67. The van der Waals surface area contributed by atoms with Gasteiger partial charge in [0, 0.05) is 6.54 Å². The fourth-order valence-corrected chi connectivity index (χ4v) is 5.09. The maximum Gasteiger partial charge on any atom is 0.0571 e. The highest BCUT2D eigenvalue weighted by Gasteiger charge is 2.07. The SMILES string of the molecule is CCCCCCCCCCCCCCCCCCN(Nc1ccc2ccccc2c1)c1ccccc1. The summed E-state index contributed by atoms with van der Waals surface area (Å²) in [6.07, 6.45) is 22.5. The van der Waals surface area contributed by atoms with E-state index in [9.17, 15) is 0 Å². The third-order valence-corrected chi connectivity index (χ3v) is 7.32. The molecule has 0 spiro atoms. The Morgan fingerprint density at radius 3 is 1.58 bits per heavy atom. The molecule has 0 heterocycles. The molecule has 1 N–H and O–H groups in total. The minimum absolute atomic E-state index is 1.02. The first-order valence-electron chi connectivity index (χ1n) is 14.9. The quantitative estimate of drug-likeness (QED) is 0.126. The number of anilines is 2. The lowest BCUT2D eigenvalue weighted by Gasteiger charge is -2.27. The van der Waals surface area contributed by atoms with Gasteiger partial charge >= 0.3 is 0 Å². The van der Waals surface area contributed by atoms with Crippen molar-refractivity contribution in [3.05, 3.63) is 72.8 Å². The van der Waals surface area contributed by atoms with Crippen LogP contribution in [0.15, 0.2) is 72.8 Å². The highest BCUT2D eigenvalue weighted by atomic mass is 15.5. The second-order valence-electron chi connectivity index (χ2n) is 10.5. The first kappa shape index (κ1) is 28.1. The summed E-state index contributed by atoms with van der Waals surface area (Å²) in [5.74, 6) is 0. The minimum Gasteiger partial charge on any atom is -0.298 e. The highest BCUT2D eigenvalue weighted by molar-refractivity contribution is 5.85. The molecule has 2 heteroatoms. The van der Waals surface area contributed by atoms with E-state index >= 15 is 0 Å². The number of para-hydroxylation sites is 1. The van der Waals surface area contributed by atoms with Gasteiger partial charge in [0.25, 0.3) is 0 Å². The summed E-state index contributed by atoms with van der Waals surface area (Å²) in [5, 5.41) is 4.87. The number of hydrogen-bond donors (Lipinski definition) is 1. The van der Waals surface area contributed by atoms with Crippen LogP contribution in [0.3, 0.4) is 0 Å². The molecule has 0 unspecified atom stereocenters. The molecule has 3 aromatic carbocycles. The first-order valence-corrected chi connectivity index (χ1v) is 14.9. The van der Waals surface area contributed by atoms with Crippen LogP contribution < -0.4 is 10.4 Å². The standard InChI is InChI=1S/C34H50N2/c1-2-3-4-5-6-7-8-9-10-11-12-13-14-15-16-22-29-36(34-25-18-17-19-26-34)35-33-28-27-31-23-20-21-24-32(31)30-33/h17-21,23-28,30,35H,2-16,22,29H2,1H3. The van der Waals surface area contributed by atoms with Crippen molar-refractivity contribution < 1.29 is 0 Å². The zero-order valence-electron chi connectivity index (χ0n) is 22.9. The molecule has 0 saturated carbocycles. The van der Waals surface area contributed by atoms with Gasteiger partial charge in [-0.1, -0.05) is 152 Å². The molecular weight excluding hydrogens is 436 g/mol. The van der Waals surface area contributed by atoms with Gasteiger partial charge in [-0.2, -0.15) is 0 Å². The van der Waals surface area contributed by atoms with Gasteiger partial charge in [0.05, 0.1) is 11.4 Å². The zero-order chi connectivity index (χ0) is 25.1. The van der Waals surface area contributed by atoms with E-state index in [0.29, 0.717) is 0 Å². The van der Waals surface area contributed by atoms with E-state index in [-0.39, 0.29) is 0 Å². The van der Waals surface area contributed by atoms with Crippen LogP contribution >= 0.6 is 0 Å². The van der Waals surface area contributed by atoms with E-state index < -0.39 is 0 Å². The molecule has 0 aromatic heterocycles. The van der Waals surface area contributed by atoms with Crippen LogP contribution in [0, 0.1) is 0 Å². The molecule has 0 atom stereocenters. The van der Waals surface area contributed by atoms with E-state index in [1.807, 2.05) is 0 Å². The van der Waals surface area contributed by atoms with Gasteiger partial charge in [-0.15, -0.1) is 0 Å². The molecule has 0 aliphatic rings. The van der Waals surface area contributed by atoms with Gasteiger partial charge in [0.1, 0.15) is 0 Å². The molecule has 196 valence electrons. The first-order chi connectivity index (χ1) is 17.9. The summed E-state index contributed by atoms with van der Waals surface area (Å²) in [6, 6.07) is 25.9. The number of rotatable bonds is 20. The Kier molecular flexibility index (Phi) is 13.9. The van der Waals surface area contributed by atoms with E-state index in [0.717, 1.165) is 12.2 Å². The van der Waals surface area contributed by atoms with Crippen molar-refractivity contribution >= 4 is 22.1 Å². The molecule has 2 nitrogen and oxygen atoms in total. The normalized spacial score (nSPS) is 11.1. The lowest BCUT2D eigenvalue weighted by Crippen LogP contribution is -2.30. The minimum atomic E-state index is 1.02. The number of nitrogens with zero attached hydrogens (tertiary/aromatic N) is 1. The summed E-state index contributed by atoms with van der Waals surface area (Å²) >= 11 is 0. The second-order valence-corrected chi connectivity index (χ2v) is 10.5. The van der Waals surface area contributed by atoms with Crippen molar-refractivity contribution in [2.24, 2.45) is 0 Å². The molecule has 0 aliphatic heterocycles. The van der Waals surface area contributed by atoms with Gasteiger partial charge in [-0.25, -0.2) is 0 Å². The molecule has 0 radical (unpaired) electrons. The van der Waals surface area contributed by atoms with Crippen LogP contribution in [-0.4, -0.2) is 6.54 Å². The Bertz CT molecular complexity index is 936. The molecule has 0 amide bonds. The van der Waals surface area contributed by atoms with E-state index in [2.05, 4.69) is 90.2 Å². The van der Waals surface area contributed by atoms with Gasteiger partial charge < -0.3 is 0 Å². The van der Waals surface area contributed by atoms with Gasteiger partial charge in [0.2, 0.25) is 0 Å². The van der Waals surface area contributed by atoms with Gasteiger partial charge in [-0.3, -0.25) is 10.4 Å². The summed E-state index contributed by atoms with van der Waals surface area (Å²) in [4.78, 5) is 0. The third-order valence-electron chi connectivity index (χ3n) is 7.32. The van der Waals surface area contributed by atoms with Crippen LogP contribution in [0.4, 0.5) is 11.4 Å². The number of benzene rings is 3. The van der Waals surface area contributed by atoms with Crippen LogP contribution in [0.25, 0.3) is 10.8 Å². The predicted octanol–water partition coefficient (Wildman–Crippen LogP) is 10.9. The number of fused-ring (bicyclic) bond motifs is 1. The summed E-state index contributed by atoms with van der Waals surface area (Å²) in [6.45, 7) is 3.32. The molecule has 0 bridgehead atoms. The Morgan fingerprint density at radius 2 is 1.00 bits per heavy atom. The largest absolute Gasteiger partial charge is 0.298 e. The average molecular weight is 487 g/mol. The van der Waals surface area contributed by atoms with Crippen molar-refractivity contribution in [2.45, 2.75) is 110 Å². The van der Waals surface area contributed by atoms with Crippen LogP contribution in [0.5, 0.6) is 0 Å². The Balaban J connectivity index is 1.27. The third kappa shape index (κ3) is 11.1. The van der Waals surface area contributed by atoms with Crippen molar-refractivity contribution in [1.29, 1.82) is 0 Å². The van der Waals surface area contributed by atoms with Crippen molar-refractivity contribution in [3.63, 3.8) is 0 Å². The van der Waals surface area contributed by atoms with Crippen molar-refractivity contribution in [2.75, 3.05) is 17.0 Å². The fourth-order valence-electron chi connectivity index (χ4n) is 5.09. The van der Waals surface area contributed by atoms with Crippen LogP contribution in [0.1, 0.15) is 110 Å². The van der Waals surface area contributed by atoms with E-state index in [4.69, 9.17) is 0 Å². The summed E-state index contributed by atoms with van der Waals surface area (Å²) in [5.41, 5.74) is 6.05. The second kappa shape index (κ2) is 17.9. The highest BCUT2D eigenvalue weighted by Crippen LogP contribution is 2.22. The van der Waals surface area contributed by atoms with Gasteiger partial charge in [0.15, 0.2) is 0 Å². The lowest BCUT2D eigenvalue weighted by atomic mass is 10.0. The number of hydrogen-bond acceptors (Lipinski definition) is 2. The summed E-state index contributed by atoms with van der Waals surface area (Å²) < 4.78 is 0. The van der Waals surface area contributed by atoms with Crippen LogP contribution in [-0.2, 0) is 0 Å². The molecule has 36 heavy (non-hydrogen) atoms.